The molecule has 0 amide bonds. The van der Waals surface area contributed by atoms with Crippen molar-refractivity contribution in [2.24, 2.45) is 0 Å². The van der Waals surface area contributed by atoms with Crippen LogP contribution < -0.4 is 10.4 Å². The van der Waals surface area contributed by atoms with Gasteiger partial charge in [0.1, 0.15) is 5.76 Å². The van der Waals surface area contributed by atoms with Gasteiger partial charge in [-0.3, -0.25) is 9.78 Å². The first-order valence-electron chi connectivity index (χ1n) is 14.3. The second kappa shape index (κ2) is 9.65. The zero-order chi connectivity index (χ0) is 29.3. The number of allylic oxidation sites excluding steroid dienone is 2. The summed E-state index contributed by atoms with van der Waals surface area (Å²) in [6, 6.07) is 6.04. The van der Waals surface area contributed by atoms with Crippen LogP contribution >= 0.6 is 0 Å². The van der Waals surface area contributed by atoms with Gasteiger partial charge in [0.2, 0.25) is 0 Å². The topological polar surface area (TPSA) is 135 Å². The third-order valence-corrected chi connectivity index (χ3v) is 9.36. The Labute approximate surface area is 237 Å². The minimum Gasteiger partial charge on any atom is -0.515 e. The summed E-state index contributed by atoms with van der Waals surface area (Å²) < 4.78 is 0. The highest BCUT2D eigenvalue weighted by molar-refractivity contribution is 5.93. The summed E-state index contributed by atoms with van der Waals surface area (Å²) in [5.41, 5.74) is 11.7. The zero-order valence-electron chi connectivity index (χ0n) is 24.3. The number of rotatable bonds is 4. The predicted octanol–water partition coefficient (Wildman–Crippen LogP) is 6.10. The van der Waals surface area contributed by atoms with Gasteiger partial charge in [0.15, 0.2) is 0 Å². The summed E-state index contributed by atoms with van der Waals surface area (Å²) in [5.74, 6) is -0.983. The van der Waals surface area contributed by atoms with Gasteiger partial charge in [-0.2, -0.15) is 0 Å². The molecule has 0 aromatic carbocycles. The van der Waals surface area contributed by atoms with E-state index in [2.05, 4.69) is 36.8 Å². The molecule has 0 fully saturated rings. The summed E-state index contributed by atoms with van der Waals surface area (Å²) in [4.78, 5) is 28.9. The number of aromatic amines is 2. The van der Waals surface area contributed by atoms with Crippen molar-refractivity contribution < 1.29 is 20.1 Å². The quantitative estimate of drug-likeness (QED) is 0.265. The number of H-pyrrole nitrogens is 2. The lowest BCUT2D eigenvalue weighted by Gasteiger charge is -2.18. The number of aliphatic carboxylic acids is 1. The van der Waals surface area contributed by atoms with Gasteiger partial charge in [-0.25, -0.2) is 4.98 Å². The first-order valence-corrected chi connectivity index (χ1v) is 14.3. The monoisotopic (exact) mass is 552 g/mol. The number of carboxylic acids is 1. The van der Waals surface area contributed by atoms with Crippen LogP contribution in [-0.4, -0.2) is 41.2 Å². The smallest absolute Gasteiger partial charge is 0.303 e. The molecule has 3 atom stereocenters. The Morgan fingerprint density at radius 1 is 1.00 bits per heavy atom. The van der Waals surface area contributed by atoms with Crippen LogP contribution in [0.2, 0.25) is 0 Å². The Bertz CT molecular complexity index is 1960. The molecule has 8 bridgehead atoms. The van der Waals surface area contributed by atoms with Crippen LogP contribution in [0.1, 0.15) is 104 Å². The van der Waals surface area contributed by atoms with E-state index in [0.717, 1.165) is 90.6 Å². The number of hydrogen-bond acceptors (Lipinski definition) is 5. The highest BCUT2D eigenvalue weighted by Crippen LogP contribution is 2.45. The fourth-order valence-electron chi connectivity index (χ4n) is 6.89. The van der Waals surface area contributed by atoms with E-state index >= 15 is 0 Å². The van der Waals surface area contributed by atoms with Crippen LogP contribution in [0.15, 0.2) is 18.2 Å². The molecular formula is C33H36N4O4. The van der Waals surface area contributed by atoms with Crippen molar-refractivity contribution in [1.29, 1.82) is 0 Å². The maximum atomic E-state index is 11.6. The third-order valence-electron chi connectivity index (χ3n) is 9.36. The summed E-state index contributed by atoms with van der Waals surface area (Å²) in [5, 5.41) is 32.6. The van der Waals surface area contributed by atoms with Crippen molar-refractivity contribution in [3.05, 3.63) is 68.1 Å². The normalized spacial score (nSPS) is 20.4. The summed E-state index contributed by atoms with van der Waals surface area (Å²) in [6.45, 7) is 12.2. The molecule has 5 heterocycles. The van der Waals surface area contributed by atoms with Crippen LogP contribution in [0.3, 0.4) is 0 Å². The first-order chi connectivity index (χ1) is 19.5. The molecule has 5 N–H and O–H groups in total. The molecule has 0 radical (unpaired) electrons. The second-order valence-corrected chi connectivity index (χ2v) is 11.6. The number of nitrogens with zero attached hydrogens (tertiary/aromatic N) is 2. The average molecular weight is 553 g/mol. The highest BCUT2D eigenvalue weighted by Gasteiger charge is 2.36. The minimum atomic E-state index is -0.841. The van der Waals surface area contributed by atoms with Crippen LogP contribution in [0.4, 0.5) is 0 Å². The van der Waals surface area contributed by atoms with Gasteiger partial charge in [0, 0.05) is 56.9 Å². The summed E-state index contributed by atoms with van der Waals surface area (Å²) in [6.07, 6.45) is 2.41. The number of carbonyl (C=O) groups is 1. The lowest BCUT2D eigenvalue weighted by Crippen LogP contribution is -2.08. The van der Waals surface area contributed by atoms with E-state index in [1.54, 1.807) is 0 Å². The van der Waals surface area contributed by atoms with Crippen LogP contribution in [0.5, 0.6) is 0 Å². The molecule has 3 aromatic rings. The van der Waals surface area contributed by atoms with Gasteiger partial charge in [-0.05, 0) is 74.1 Å². The van der Waals surface area contributed by atoms with E-state index in [-0.39, 0.29) is 24.2 Å². The van der Waals surface area contributed by atoms with Gasteiger partial charge in [-0.1, -0.05) is 20.8 Å². The SMILES string of the molecule is CCC1=C(C)c2cc3[nH]c(cc4nc(c5c6[nH]c(cc1n2)c(C)c6=C(O)[C@@H]5C)[C@@H](CCC(=O)O)[C@@H]4C)c(C)c3=CO. The van der Waals surface area contributed by atoms with Gasteiger partial charge in [0.25, 0.3) is 0 Å². The summed E-state index contributed by atoms with van der Waals surface area (Å²) in [7, 11) is 0. The fraction of sp³-hybridized carbons (Fsp3) is 0.364. The number of carboxylic acid groups (broad SMARTS) is 1. The molecule has 212 valence electrons. The molecule has 2 aliphatic heterocycles. The molecule has 3 aromatic heterocycles. The van der Waals surface area contributed by atoms with E-state index in [9.17, 15) is 20.1 Å². The lowest BCUT2D eigenvalue weighted by molar-refractivity contribution is -0.137. The standard InChI is InChI=1S/C33H36N4O4/c1-7-19-14(2)23-11-27-21(13-38)16(4)22(35-27)10-24-15(3)20(8-9-28(39)40)31(36-24)29-18(6)33(41)30-17(5)25(37-32(29)30)12-26(19)34-23/h10-13,15,18,20,35,37-38,41H,7-9H2,1-6H3,(H,39,40)/t15-,18+,20-/m0/s1. The van der Waals surface area contributed by atoms with E-state index in [1.165, 1.54) is 0 Å². The lowest BCUT2D eigenvalue weighted by atomic mass is 9.84. The maximum absolute atomic E-state index is 11.6. The average Bonchev–Trinajstić information content (AvgIpc) is 3.65. The Kier molecular flexibility index (Phi) is 6.32. The Balaban J connectivity index is 1.81. The van der Waals surface area contributed by atoms with Gasteiger partial charge in [-0.15, -0.1) is 0 Å². The van der Waals surface area contributed by atoms with Crippen LogP contribution in [0.25, 0.3) is 45.2 Å². The fourth-order valence-corrected chi connectivity index (χ4v) is 6.89. The molecule has 3 aliphatic rings. The molecule has 0 saturated heterocycles. The molecule has 1 aliphatic carbocycles. The van der Waals surface area contributed by atoms with Crippen molar-refractivity contribution >= 4 is 51.2 Å². The van der Waals surface area contributed by atoms with Gasteiger partial charge < -0.3 is 25.3 Å². The predicted molar refractivity (Wildman–Crippen MR) is 162 cm³/mol. The van der Waals surface area contributed by atoms with Crippen molar-refractivity contribution in [2.45, 2.75) is 78.6 Å². The Morgan fingerprint density at radius 2 is 1.71 bits per heavy atom. The first kappa shape index (κ1) is 26.9. The van der Waals surface area contributed by atoms with E-state index in [0.29, 0.717) is 17.4 Å². The number of hydrogen-bond donors (Lipinski definition) is 5. The summed E-state index contributed by atoms with van der Waals surface area (Å²) >= 11 is 0. The molecule has 0 spiro atoms. The van der Waals surface area contributed by atoms with Gasteiger partial charge in [0.05, 0.1) is 34.4 Å². The molecule has 41 heavy (non-hydrogen) atoms. The number of aliphatic hydroxyl groups is 2. The van der Waals surface area contributed by atoms with Crippen LogP contribution in [0, 0.1) is 13.8 Å². The number of aromatic nitrogens is 4. The molecular weight excluding hydrogens is 516 g/mol. The minimum absolute atomic E-state index is 0.0302. The van der Waals surface area contributed by atoms with E-state index in [1.807, 2.05) is 32.9 Å². The Hall–Kier alpha value is -4.33. The molecule has 8 nitrogen and oxygen atoms in total. The van der Waals surface area contributed by atoms with Crippen molar-refractivity contribution in [1.82, 2.24) is 19.9 Å². The number of aliphatic hydroxyl groups excluding tert-OH is 2. The maximum Gasteiger partial charge on any atom is 0.303 e. The largest absolute Gasteiger partial charge is 0.515 e. The second-order valence-electron chi connectivity index (χ2n) is 11.6. The van der Waals surface area contributed by atoms with Crippen molar-refractivity contribution in [3.63, 3.8) is 0 Å². The van der Waals surface area contributed by atoms with Crippen LogP contribution in [-0.2, 0) is 4.79 Å². The third kappa shape index (κ3) is 3.99. The number of nitrogens with one attached hydrogen (secondary N) is 2. The Morgan fingerprint density at radius 3 is 2.39 bits per heavy atom. The van der Waals surface area contributed by atoms with Gasteiger partial charge >= 0.3 is 5.97 Å². The molecule has 8 heteroatoms. The van der Waals surface area contributed by atoms with Crippen molar-refractivity contribution in [2.75, 3.05) is 0 Å². The van der Waals surface area contributed by atoms with Crippen molar-refractivity contribution in [3.8, 4) is 0 Å². The molecule has 0 unspecified atom stereocenters. The van der Waals surface area contributed by atoms with E-state index in [4.69, 9.17) is 9.97 Å². The highest BCUT2D eigenvalue weighted by atomic mass is 16.4. The van der Waals surface area contributed by atoms with E-state index < -0.39 is 5.97 Å². The number of fused-ring (bicyclic) bond motifs is 8. The molecule has 0 saturated carbocycles. The zero-order valence-corrected chi connectivity index (χ0v) is 24.3. The number of aryl methyl sites for hydroxylation is 2. The molecule has 6 rings (SSSR count).